The molecule has 11 aromatic rings. The zero-order chi connectivity index (χ0) is 39.3. The van der Waals surface area contributed by atoms with Crippen molar-refractivity contribution < 1.29 is 0 Å². The summed E-state index contributed by atoms with van der Waals surface area (Å²) in [6.45, 7) is 0. The monoisotopic (exact) mass is 776 g/mol. The van der Waals surface area contributed by atoms with Gasteiger partial charge in [-0.05, 0) is 87.4 Å². The van der Waals surface area contributed by atoms with Crippen LogP contribution in [0.2, 0.25) is 5.28 Å². The molecule has 0 radical (unpaired) electrons. The van der Waals surface area contributed by atoms with Crippen LogP contribution in [-0.2, 0) is 0 Å². The summed E-state index contributed by atoms with van der Waals surface area (Å²) >= 11 is 6.61. The lowest BCUT2D eigenvalue weighted by Crippen LogP contribution is -1.98. The summed E-state index contributed by atoms with van der Waals surface area (Å²) in [5, 5.41) is 2.52. The minimum Gasteiger partial charge on any atom is -0.354 e. The van der Waals surface area contributed by atoms with Crippen LogP contribution in [0.1, 0.15) is 0 Å². The number of fused-ring (bicyclic) bond motifs is 4. The van der Waals surface area contributed by atoms with E-state index in [9.17, 15) is 0 Å². The lowest BCUT2D eigenvalue weighted by atomic mass is 9.92. The topological polar surface area (TPSA) is 72.3 Å². The number of rotatable bonds is 7. The largest absolute Gasteiger partial charge is 0.354 e. The number of para-hydroxylation sites is 2. The molecular weight excluding hydrogens is 744 g/mol. The third-order valence-electron chi connectivity index (χ3n) is 10.9. The Morgan fingerprint density at radius 3 is 1.75 bits per heavy atom. The molecule has 0 aliphatic rings. The van der Waals surface area contributed by atoms with Gasteiger partial charge >= 0.3 is 0 Å². The van der Waals surface area contributed by atoms with Crippen molar-refractivity contribution in [1.29, 1.82) is 0 Å². The maximum Gasteiger partial charge on any atom is 0.226 e. The molecule has 6 nitrogen and oxygen atoms in total. The summed E-state index contributed by atoms with van der Waals surface area (Å²) in [5.74, 6) is 1.91. The van der Waals surface area contributed by atoms with Gasteiger partial charge in [-0.15, -0.1) is 0 Å². The maximum absolute atomic E-state index is 6.61. The second-order valence-electron chi connectivity index (χ2n) is 14.6. The number of nitrogens with one attached hydrogen (secondary N) is 1. The number of H-pyrrole nitrogens is 1. The second kappa shape index (κ2) is 14.4. The second-order valence-corrected chi connectivity index (χ2v) is 14.9. The zero-order valence-electron chi connectivity index (χ0n) is 31.6. The molecule has 278 valence electrons. The minimum absolute atomic E-state index is 0.142. The molecule has 0 atom stereocenters. The number of nitrogens with zero attached hydrogens (tertiary/aromatic N) is 5. The first-order chi connectivity index (χ1) is 29.1. The molecule has 0 unspecified atom stereocenters. The van der Waals surface area contributed by atoms with E-state index >= 15 is 0 Å². The van der Waals surface area contributed by atoms with Crippen LogP contribution in [0.25, 0.3) is 106 Å². The van der Waals surface area contributed by atoms with Crippen molar-refractivity contribution in [1.82, 2.24) is 29.5 Å². The Balaban J connectivity index is 0.996. The molecule has 11 rings (SSSR count). The maximum atomic E-state index is 6.61. The highest BCUT2D eigenvalue weighted by atomic mass is 35.5. The Morgan fingerprint density at radius 2 is 0.983 bits per heavy atom. The molecule has 0 aliphatic carbocycles. The summed E-state index contributed by atoms with van der Waals surface area (Å²) in [6.07, 6.45) is 0. The predicted octanol–water partition coefficient (Wildman–Crippen LogP) is 13.5. The van der Waals surface area contributed by atoms with Gasteiger partial charge in [0.15, 0.2) is 11.6 Å². The van der Waals surface area contributed by atoms with Gasteiger partial charge in [-0.3, -0.25) is 4.57 Å². The van der Waals surface area contributed by atoms with E-state index in [1.807, 2.05) is 42.5 Å². The molecule has 59 heavy (non-hydrogen) atoms. The molecule has 0 spiro atoms. The molecule has 0 saturated heterocycles. The summed E-state index contributed by atoms with van der Waals surface area (Å²) in [7, 11) is 0. The van der Waals surface area contributed by atoms with Gasteiger partial charge in [0.2, 0.25) is 5.28 Å². The fourth-order valence-electron chi connectivity index (χ4n) is 8.12. The molecule has 0 aliphatic heterocycles. The molecular formula is C52H33ClN6. The SMILES string of the molecule is Clc1nc(-c2cccc(-c3ccccc3)c2)nc(-c2ccc(-c3ccc(-c4nc5cc6[nH]c7ccccc7c6cc5n4-c4ccccc4)cc3)c(-c3ccccc3)c2)n1. The van der Waals surface area contributed by atoms with Crippen LogP contribution in [-0.4, -0.2) is 29.5 Å². The summed E-state index contributed by atoms with van der Waals surface area (Å²) in [5.41, 5.74) is 14.4. The third kappa shape index (κ3) is 6.33. The molecule has 1 N–H and O–H groups in total. The van der Waals surface area contributed by atoms with E-state index in [0.717, 1.165) is 83.6 Å². The molecule has 0 fully saturated rings. The number of halogens is 1. The molecule has 7 heteroatoms. The van der Waals surface area contributed by atoms with Gasteiger partial charge in [-0.2, -0.15) is 9.97 Å². The number of aromatic amines is 1. The quantitative estimate of drug-likeness (QED) is 0.175. The Kier molecular flexibility index (Phi) is 8.42. The number of hydrogen-bond acceptors (Lipinski definition) is 4. The van der Waals surface area contributed by atoms with Crippen molar-refractivity contribution in [2.24, 2.45) is 0 Å². The third-order valence-corrected chi connectivity index (χ3v) is 11.1. The van der Waals surface area contributed by atoms with Crippen molar-refractivity contribution in [3.8, 4) is 73.2 Å². The number of imidazole rings is 1. The van der Waals surface area contributed by atoms with E-state index in [1.54, 1.807) is 0 Å². The first-order valence-electron chi connectivity index (χ1n) is 19.5. The van der Waals surface area contributed by atoms with Gasteiger partial charge < -0.3 is 4.98 Å². The molecule has 0 amide bonds. The van der Waals surface area contributed by atoms with Crippen LogP contribution in [0.5, 0.6) is 0 Å². The van der Waals surface area contributed by atoms with Gasteiger partial charge in [0.25, 0.3) is 0 Å². The van der Waals surface area contributed by atoms with Gasteiger partial charge in [-0.25, -0.2) is 9.97 Å². The van der Waals surface area contributed by atoms with E-state index in [-0.39, 0.29) is 5.28 Å². The Morgan fingerprint density at radius 1 is 0.390 bits per heavy atom. The highest BCUT2D eigenvalue weighted by molar-refractivity contribution is 6.28. The molecule has 3 aromatic heterocycles. The highest BCUT2D eigenvalue weighted by Gasteiger charge is 2.19. The first kappa shape index (κ1) is 34.6. The standard InChI is InChI=1S/C52H33ClN6/c53-52-57-49(38-18-12-17-37(29-38)33-13-4-1-5-14-33)56-50(58-52)39-27-28-41(43(30-39)34-15-6-2-7-16-34)35-23-25-36(26-24-35)51-55-47-32-46-44(42-21-10-11-22-45(42)54-46)31-48(47)59(51)40-19-8-3-9-20-40/h1-32,54H. The fourth-order valence-corrected chi connectivity index (χ4v) is 8.28. The van der Waals surface area contributed by atoms with Crippen molar-refractivity contribution in [3.63, 3.8) is 0 Å². The van der Waals surface area contributed by atoms with E-state index in [1.165, 1.54) is 10.8 Å². The van der Waals surface area contributed by atoms with E-state index in [2.05, 4.69) is 171 Å². The fraction of sp³-hybridized carbons (Fsp3) is 0. The number of benzene rings is 8. The normalized spacial score (nSPS) is 11.5. The van der Waals surface area contributed by atoms with Crippen LogP contribution in [0, 0.1) is 0 Å². The van der Waals surface area contributed by atoms with Gasteiger partial charge in [0, 0.05) is 44.2 Å². The van der Waals surface area contributed by atoms with Crippen LogP contribution in [0.15, 0.2) is 194 Å². The van der Waals surface area contributed by atoms with Gasteiger partial charge in [-0.1, -0.05) is 152 Å². The van der Waals surface area contributed by atoms with Crippen molar-refractivity contribution in [2.75, 3.05) is 0 Å². The van der Waals surface area contributed by atoms with E-state index in [0.29, 0.717) is 11.6 Å². The van der Waals surface area contributed by atoms with Crippen LogP contribution >= 0.6 is 11.6 Å². The van der Waals surface area contributed by atoms with Gasteiger partial charge in [0.05, 0.1) is 11.0 Å². The summed E-state index contributed by atoms with van der Waals surface area (Å²) in [6, 6.07) is 67.2. The van der Waals surface area contributed by atoms with E-state index in [4.69, 9.17) is 21.6 Å². The number of aromatic nitrogens is 6. The predicted molar refractivity (Wildman–Crippen MR) is 241 cm³/mol. The summed E-state index contributed by atoms with van der Waals surface area (Å²) in [4.78, 5) is 23.0. The van der Waals surface area contributed by atoms with Crippen molar-refractivity contribution >= 4 is 44.4 Å². The Bertz CT molecular complexity index is 3320. The molecule has 0 bridgehead atoms. The average molecular weight is 777 g/mol. The lowest BCUT2D eigenvalue weighted by molar-refractivity contribution is 1.07. The summed E-state index contributed by atoms with van der Waals surface area (Å²) < 4.78 is 2.27. The van der Waals surface area contributed by atoms with Crippen molar-refractivity contribution in [3.05, 3.63) is 199 Å². The zero-order valence-corrected chi connectivity index (χ0v) is 32.3. The van der Waals surface area contributed by atoms with E-state index < -0.39 is 0 Å². The van der Waals surface area contributed by atoms with Crippen LogP contribution in [0.3, 0.4) is 0 Å². The smallest absolute Gasteiger partial charge is 0.226 e. The molecule has 0 saturated carbocycles. The minimum atomic E-state index is 0.142. The molecule has 8 aromatic carbocycles. The average Bonchev–Trinajstić information content (AvgIpc) is 3.86. The van der Waals surface area contributed by atoms with Gasteiger partial charge in [0.1, 0.15) is 5.82 Å². The first-order valence-corrected chi connectivity index (χ1v) is 19.9. The van der Waals surface area contributed by atoms with Crippen LogP contribution < -0.4 is 0 Å². The van der Waals surface area contributed by atoms with Crippen LogP contribution in [0.4, 0.5) is 0 Å². The Hall–Kier alpha value is -7.67. The lowest BCUT2D eigenvalue weighted by Gasteiger charge is -2.14. The van der Waals surface area contributed by atoms with Crippen molar-refractivity contribution in [2.45, 2.75) is 0 Å². The Labute approximate surface area is 345 Å². The molecule has 3 heterocycles. The number of hydrogen-bond donors (Lipinski definition) is 1. The highest BCUT2D eigenvalue weighted by Crippen LogP contribution is 2.38.